The molecular formula is C61H86O22. The number of aliphatic hydroxyl groups excluding tert-OH is 3. The maximum absolute atomic E-state index is 15.6. The molecule has 4 fully saturated rings. The summed E-state index contributed by atoms with van der Waals surface area (Å²) in [7, 11) is 5.77. The van der Waals surface area contributed by atoms with Crippen LogP contribution in [-0.4, -0.2) is 181 Å². The highest BCUT2D eigenvalue weighted by Crippen LogP contribution is 2.60. The topological polar surface area (TPSA) is 289 Å². The number of carbonyl (C=O) groups excluding carboxylic acids is 3. The molecule has 23 atom stereocenters. The molecule has 5 heterocycles. The molecule has 462 valence electrons. The number of aliphatic carboxylic acids is 1. The molecule has 0 aromatic heterocycles. The highest BCUT2D eigenvalue weighted by molar-refractivity contribution is 5.95. The van der Waals surface area contributed by atoms with Crippen molar-refractivity contribution >= 4 is 23.9 Å². The number of carboxylic acid groups (broad SMARTS) is 1. The molecule has 2 unspecified atom stereocenters. The summed E-state index contributed by atoms with van der Waals surface area (Å²) in [6.45, 7) is 15.7. The normalized spacial score (nSPS) is 43.8. The van der Waals surface area contributed by atoms with Gasteiger partial charge in [-0.2, -0.15) is 0 Å². The van der Waals surface area contributed by atoms with Gasteiger partial charge in [-0.25, -0.2) is 14.4 Å². The van der Waals surface area contributed by atoms with E-state index in [1.165, 1.54) is 28.4 Å². The average Bonchev–Trinajstić information content (AvgIpc) is 2.24. The highest BCUT2D eigenvalue weighted by Gasteiger charge is 2.66. The van der Waals surface area contributed by atoms with Crippen LogP contribution in [0.2, 0.25) is 0 Å². The third-order valence-electron chi connectivity index (χ3n) is 19.9. The summed E-state index contributed by atoms with van der Waals surface area (Å²) in [5, 5.41) is 58.7. The van der Waals surface area contributed by atoms with Crippen molar-refractivity contribution in [2.45, 2.75) is 223 Å². The molecule has 22 heteroatoms. The number of hydrogen-bond donors (Lipinski definition) is 5. The molecule has 1 aromatic rings. The number of methoxy groups -OCH3 is 4. The van der Waals surface area contributed by atoms with Gasteiger partial charge in [-0.1, -0.05) is 56.5 Å². The summed E-state index contributed by atoms with van der Waals surface area (Å²) in [4.78, 5) is 56.7. The predicted molar refractivity (Wildman–Crippen MR) is 291 cm³/mol. The van der Waals surface area contributed by atoms with Gasteiger partial charge >= 0.3 is 23.9 Å². The van der Waals surface area contributed by atoms with Gasteiger partial charge in [-0.05, 0) is 110 Å². The predicted octanol–water partition coefficient (Wildman–Crippen LogP) is 6.07. The molecule has 0 radical (unpaired) electrons. The summed E-state index contributed by atoms with van der Waals surface area (Å²) in [6.07, 6.45) is -10.3. The Balaban J connectivity index is 1.11. The number of carboxylic acids is 1. The Morgan fingerprint density at radius 2 is 1.51 bits per heavy atom. The van der Waals surface area contributed by atoms with E-state index in [9.17, 15) is 39.9 Å². The van der Waals surface area contributed by atoms with Crippen molar-refractivity contribution in [3.05, 3.63) is 64.1 Å². The van der Waals surface area contributed by atoms with Crippen LogP contribution < -0.4 is 4.74 Å². The first-order valence-electron chi connectivity index (χ1n) is 29.2. The van der Waals surface area contributed by atoms with Crippen molar-refractivity contribution in [1.82, 2.24) is 0 Å². The Bertz CT molecular complexity index is 2670. The Morgan fingerprint density at radius 3 is 2.16 bits per heavy atom. The van der Waals surface area contributed by atoms with Crippen molar-refractivity contribution in [2.75, 3.05) is 28.4 Å². The molecular weight excluding hydrogens is 1080 g/mol. The van der Waals surface area contributed by atoms with E-state index >= 15 is 4.79 Å². The summed E-state index contributed by atoms with van der Waals surface area (Å²) in [6, 6.07) is 5.09. The number of aliphatic hydroxyl groups is 4. The number of aryl methyl sites for hydroxylation is 1. The van der Waals surface area contributed by atoms with Crippen LogP contribution in [0.4, 0.5) is 0 Å². The van der Waals surface area contributed by atoms with E-state index in [-0.39, 0.29) is 36.1 Å². The Kier molecular flexibility index (Phi) is 18.4. The molecule has 0 amide bonds. The number of esters is 3. The van der Waals surface area contributed by atoms with Crippen LogP contribution in [0.25, 0.3) is 0 Å². The SMILES string of the molecule is CC[C@@H]1CC23OC(=O)C(=C2O)OC(=O)[C@]2(C)[C@H](CCCC[C@]3(C)C=C1C(=O)O)C(C)=C[C@@H]1C(O[C@@H]3O[C@H](C)[C@@H](OC(=O)c4c(C)cccc4OC)[C@H](O[C@H]4C[C@H](O)[C@H](OC)[C@@H](C)O4)[C@H]3O)[C@@H](O[C@@H]3O[C@@H](C)[C@H](OC)[C@@](C)(O)[C@H]3OC)CC[C@H]12. The third-order valence-corrected chi connectivity index (χ3v) is 19.9. The van der Waals surface area contributed by atoms with Crippen molar-refractivity contribution in [3.8, 4) is 5.75 Å². The zero-order chi connectivity index (χ0) is 60.4. The largest absolute Gasteiger partial charge is 0.505 e. The molecule has 9 rings (SSSR count). The standard InChI is InChI=1S/C61H86O22/c1-14-33-26-61-49(64)48(54(68)83-61)82-57(69)59(8)36(19-15-16-23-58(61,7)27-35(33)52(65)66)29(3)24-34-37(59)21-22-40(78-56-51(74-13)60(9,70)50(73-12)32(6)77-56)46(34)81-55-43(63)47(79-41-25-38(62)44(72-11)30(4)75-41)45(31(5)76-55)80-53(67)42-28(2)18-17-20-39(42)71-10/h17-18,20,24,27,30-34,36-38,40-41,43-47,50-51,55-56,62-64,70H,14-16,19,21-23,25-26H2,1-13H3,(H,65,66)/t30-,31-,32+,33-,34+,36-,37-,38+,40+,41+,43-,44-,45-,46?,47-,50+,51+,55+,56+,58-,59-,60-,61?/m1/s1. The second-order valence-electron chi connectivity index (χ2n) is 24.8. The van der Waals surface area contributed by atoms with E-state index in [2.05, 4.69) is 0 Å². The van der Waals surface area contributed by atoms with Gasteiger partial charge in [0.05, 0.1) is 49.1 Å². The van der Waals surface area contributed by atoms with Crippen molar-refractivity contribution < 1.29 is 106 Å². The molecule has 8 aliphatic rings. The van der Waals surface area contributed by atoms with Crippen LogP contribution >= 0.6 is 0 Å². The van der Waals surface area contributed by atoms with Gasteiger partial charge in [0.2, 0.25) is 0 Å². The fourth-order valence-electron chi connectivity index (χ4n) is 15.5. The first kappa shape index (κ1) is 63.0. The lowest BCUT2D eigenvalue weighted by molar-refractivity contribution is -0.367. The van der Waals surface area contributed by atoms with Crippen molar-refractivity contribution in [2.24, 2.45) is 34.5 Å². The van der Waals surface area contributed by atoms with Crippen molar-refractivity contribution in [1.29, 1.82) is 0 Å². The van der Waals surface area contributed by atoms with Gasteiger partial charge in [0, 0.05) is 51.1 Å². The molecule has 1 spiro atoms. The Hall–Kier alpha value is -4.56. The van der Waals surface area contributed by atoms with E-state index < -0.39 is 173 Å². The zero-order valence-corrected chi connectivity index (χ0v) is 49.9. The van der Waals surface area contributed by atoms with Gasteiger partial charge in [0.1, 0.15) is 47.4 Å². The van der Waals surface area contributed by atoms with E-state index in [0.29, 0.717) is 44.1 Å². The summed E-state index contributed by atoms with van der Waals surface area (Å²) in [5.74, 6) is -7.15. The lowest BCUT2D eigenvalue weighted by Crippen LogP contribution is -2.67. The van der Waals surface area contributed by atoms with Gasteiger partial charge in [-0.15, -0.1) is 0 Å². The van der Waals surface area contributed by atoms with Crippen LogP contribution in [-0.2, 0) is 71.2 Å². The second-order valence-corrected chi connectivity index (χ2v) is 24.8. The quantitative estimate of drug-likeness (QED) is 0.0803. The van der Waals surface area contributed by atoms with E-state index in [4.69, 9.17) is 61.6 Å². The van der Waals surface area contributed by atoms with Crippen LogP contribution in [0, 0.1) is 41.4 Å². The van der Waals surface area contributed by atoms with Gasteiger partial charge < -0.3 is 87.1 Å². The molecule has 1 aromatic carbocycles. The smallest absolute Gasteiger partial charge is 0.379 e. The Labute approximate surface area is 484 Å². The number of ether oxygens (including phenoxy) is 13. The molecule has 5 N–H and O–H groups in total. The maximum atomic E-state index is 15.6. The fraction of sp³-hybridized carbons (Fsp3) is 0.738. The van der Waals surface area contributed by atoms with Crippen molar-refractivity contribution in [3.63, 3.8) is 0 Å². The minimum Gasteiger partial charge on any atom is -0.505 e. The van der Waals surface area contributed by atoms with Crippen LogP contribution in [0.15, 0.2) is 53.0 Å². The number of hydrogen-bond acceptors (Lipinski definition) is 21. The first-order chi connectivity index (χ1) is 39.2. The monoisotopic (exact) mass is 1170 g/mol. The summed E-state index contributed by atoms with van der Waals surface area (Å²) in [5.41, 5.74) is -4.29. The van der Waals surface area contributed by atoms with E-state index in [0.717, 1.165) is 5.57 Å². The second kappa shape index (κ2) is 24.3. The highest BCUT2D eigenvalue weighted by atomic mass is 16.8. The van der Waals surface area contributed by atoms with E-state index in [1.54, 1.807) is 72.7 Å². The molecule has 3 aliphatic carbocycles. The van der Waals surface area contributed by atoms with E-state index in [1.807, 2.05) is 19.9 Å². The number of carbonyl (C=O) groups is 4. The Morgan fingerprint density at radius 1 is 0.807 bits per heavy atom. The lowest BCUT2D eigenvalue weighted by atomic mass is 9.52. The number of benzene rings is 1. The van der Waals surface area contributed by atoms with Gasteiger partial charge in [-0.3, -0.25) is 4.79 Å². The van der Waals surface area contributed by atoms with Crippen LogP contribution in [0.3, 0.4) is 0 Å². The summed E-state index contributed by atoms with van der Waals surface area (Å²) < 4.78 is 81.4. The molecule has 1 saturated carbocycles. The third kappa shape index (κ3) is 11.0. The zero-order valence-electron chi connectivity index (χ0n) is 49.9. The minimum atomic E-state index is -1.75. The average molecular weight is 1170 g/mol. The number of rotatable bonds is 14. The van der Waals surface area contributed by atoms with Gasteiger partial charge in [0.25, 0.3) is 5.76 Å². The molecule has 83 heavy (non-hydrogen) atoms. The molecule has 22 nitrogen and oxygen atoms in total. The van der Waals surface area contributed by atoms with Crippen LogP contribution in [0.5, 0.6) is 5.75 Å². The maximum Gasteiger partial charge on any atom is 0.379 e. The fourth-order valence-corrected chi connectivity index (χ4v) is 15.5. The summed E-state index contributed by atoms with van der Waals surface area (Å²) >= 11 is 0. The first-order valence-corrected chi connectivity index (χ1v) is 29.2. The molecule has 5 aliphatic heterocycles. The number of allylic oxidation sites excluding steroid dienone is 1. The van der Waals surface area contributed by atoms with Gasteiger partial charge in [0.15, 0.2) is 36.3 Å². The van der Waals surface area contributed by atoms with Crippen LogP contribution in [0.1, 0.15) is 129 Å². The molecule has 3 saturated heterocycles. The minimum absolute atomic E-state index is 0.0359. The molecule has 2 bridgehead atoms. The lowest BCUT2D eigenvalue weighted by Gasteiger charge is -2.55. The number of fused-ring (bicyclic) bond motifs is 3.